The van der Waals surface area contributed by atoms with E-state index in [1.54, 1.807) is 54.6 Å². The molecule has 0 radical (unpaired) electrons. The van der Waals surface area contributed by atoms with Gasteiger partial charge in [-0.05, 0) is 42.0 Å². The molecule has 1 N–H and O–H groups in total. The van der Waals surface area contributed by atoms with Crippen molar-refractivity contribution in [2.45, 2.75) is 6.61 Å². The standard InChI is InChI=1S/C23H19Cl2FN2O3/c1-28(13-21(29)27-22-18(24)6-4-7-19(22)25)23(30)17-5-2-3-8-20(17)31-14-15-9-11-16(26)12-10-15/h2-12H,13-14H2,1H3,(H,27,29). The maximum absolute atomic E-state index is 13.1. The highest BCUT2D eigenvalue weighted by Gasteiger charge is 2.20. The maximum Gasteiger partial charge on any atom is 0.257 e. The third-order valence-electron chi connectivity index (χ3n) is 4.38. The number of para-hydroxylation sites is 2. The lowest BCUT2D eigenvalue weighted by Crippen LogP contribution is -2.35. The van der Waals surface area contributed by atoms with E-state index >= 15 is 0 Å². The molecule has 3 rings (SSSR count). The molecule has 0 aromatic heterocycles. The number of anilines is 1. The second-order valence-electron chi connectivity index (χ2n) is 6.72. The lowest BCUT2D eigenvalue weighted by atomic mass is 10.1. The van der Waals surface area contributed by atoms with E-state index in [0.29, 0.717) is 27.0 Å². The Hall–Kier alpha value is -3.09. The lowest BCUT2D eigenvalue weighted by Gasteiger charge is -2.19. The summed E-state index contributed by atoms with van der Waals surface area (Å²) in [5, 5.41) is 3.22. The molecule has 0 saturated heterocycles. The van der Waals surface area contributed by atoms with Crippen LogP contribution in [0.2, 0.25) is 10.0 Å². The number of carbonyl (C=O) groups is 2. The van der Waals surface area contributed by atoms with Gasteiger partial charge in [-0.25, -0.2) is 4.39 Å². The highest BCUT2D eigenvalue weighted by molar-refractivity contribution is 6.39. The number of ether oxygens (including phenoxy) is 1. The van der Waals surface area contributed by atoms with E-state index < -0.39 is 11.8 Å². The zero-order valence-electron chi connectivity index (χ0n) is 16.6. The first kappa shape index (κ1) is 22.6. The van der Waals surface area contributed by atoms with Gasteiger partial charge < -0.3 is 15.0 Å². The Kier molecular flexibility index (Phi) is 7.50. The number of amides is 2. The smallest absolute Gasteiger partial charge is 0.257 e. The molecule has 0 atom stereocenters. The van der Waals surface area contributed by atoms with Crippen LogP contribution in [0.25, 0.3) is 0 Å². The Labute approximate surface area is 189 Å². The highest BCUT2D eigenvalue weighted by atomic mass is 35.5. The number of halogens is 3. The molecule has 2 amide bonds. The van der Waals surface area contributed by atoms with Crippen LogP contribution in [0.1, 0.15) is 15.9 Å². The molecule has 3 aromatic carbocycles. The third kappa shape index (κ3) is 5.96. The summed E-state index contributed by atoms with van der Waals surface area (Å²) in [4.78, 5) is 26.6. The number of hydrogen-bond donors (Lipinski definition) is 1. The molecular formula is C23H19Cl2FN2O3. The van der Waals surface area contributed by atoms with E-state index in [0.717, 1.165) is 5.56 Å². The zero-order valence-corrected chi connectivity index (χ0v) is 18.1. The maximum atomic E-state index is 13.1. The van der Waals surface area contributed by atoms with Crippen molar-refractivity contribution >= 4 is 40.7 Å². The van der Waals surface area contributed by atoms with Gasteiger partial charge in [0.15, 0.2) is 0 Å². The molecule has 0 aliphatic rings. The van der Waals surface area contributed by atoms with Crippen LogP contribution in [-0.4, -0.2) is 30.3 Å². The zero-order chi connectivity index (χ0) is 22.4. The Bertz CT molecular complexity index is 1070. The molecule has 0 aliphatic carbocycles. The molecule has 0 unspecified atom stereocenters. The van der Waals surface area contributed by atoms with Crippen molar-refractivity contribution in [2.75, 3.05) is 18.9 Å². The summed E-state index contributed by atoms with van der Waals surface area (Å²) in [5.41, 5.74) is 1.35. The number of benzene rings is 3. The second-order valence-corrected chi connectivity index (χ2v) is 7.53. The molecule has 31 heavy (non-hydrogen) atoms. The minimum Gasteiger partial charge on any atom is -0.488 e. The van der Waals surface area contributed by atoms with E-state index in [4.69, 9.17) is 27.9 Å². The minimum absolute atomic E-state index is 0.166. The average molecular weight is 461 g/mol. The molecule has 160 valence electrons. The molecule has 0 heterocycles. The largest absolute Gasteiger partial charge is 0.488 e. The molecule has 3 aromatic rings. The SMILES string of the molecule is CN(CC(=O)Nc1c(Cl)cccc1Cl)C(=O)c1ccccc1OCc1ccc(F)cc1. The van der Waals surface area contributed by atoms with E-state index in [9.17, 15) is 14.0 Å². The normalized spacial score (nSPS) is 10.5. The van der Waals surface area contributed by atoms with Crippen molar-refractivity contribution in [1.82, 2.24) is 4.90 Å². The number of nitrogens with zero attached hydrogens (tertiary/aromatic N) is 1. The molecular weight excluding hydrogens is 442 g/mol. The van der Waals surface area contributed by atoms with Gasteiger partial charge in [0.25, 0.3) is 5.91 Å². The van der Waals surface area contributed by atoms with Gasteiger partial charge in [-0.15, -0.1) is 0 Å². The highest BCUT2D eigenvalue weighted by Crippen LogP contribution is 2.29. The Morgan fingerprint density at radius 2 is 1.61 bits per heavy atom. The van der Waals surface area contributed by atoms with Crippen LogP contribution in [0, 0.1) is 5.82 Å². The summed E-state index contributed by atoms with van der Waals surface area (Å²) in [7, 11) is 1.51. The molecule has 0 aliphatic heterocycles. The van der Waals surface area contributed by atoms with Gasteiger partial charge in [0.1, 0.15) is 18.2 Å². The van der Waals surface area contributed by atoms with E-state index in [-0.39, 0.29) is 19.0 Å². The van der Waals surface area contributed by atoms with Gasteiger partial charge in [0.2, 0.25) is 5.91 Å². The molecule has 0 saturated carbocycles. The average Bonchev–Trinajstić information content (AvgIpc) is 2.75. The first-order valence-electron chi connectivity index (χ1n) is 9.30. The van der Waals surface area contributed by atoms with Gasteiger partial charge in [-0.2, -0.15) is 0 Å². The molecule has 8 heteroatoms. The first-order chi connectivity index (χ1) is 14.8. The summed E-state index contributed by atoms with van der Waals surface area (Å²) in [6, 6.07) is 17.5. The van der Waals surface area contributed by atoms with Crippen LogP contribution < -0.4 is 10.1 Å². The van der Waals surface area contributed by atoms with Crippen LogP contribution in [0.4, 0.5) is 10.1 Å². The summed E-state index contributed by atoms with van der Waals surface area (Å²) < 4.78 is 18.8. The van der Waals surface area contributed by atoms with Crippen molar-refractivity contribution in [3.05, 3.63) is 93.7 Å². The van der Waals surface area contributed by atoms with Crippen molar-refractivity contribution < 1.29 is 18.7 Å². The van der Waals surface area contributed by atoms with Crippen molar-refractivity contribution in [3.63, 3.8) is 0 Å². The summed E-state index contributed by atoms with van der Waals surface area (Å²) >= 11 is 12.1. The van der Waals surface area contributed by atoms with Crippen LogP contribution in [-0.2, 0) is 11.4 Å². The third-order valence-corrected chi connectivity index (χ3v) is 5.01. The van der Waals surface area contributed by atoms with Crippen molar-refractivity contribution in [3.8, 4) is 5.75 Å². The van der Waals surface area contributed by atoms with E-state index in [1.807, 2.05) is 0 Å². The number of likely N-dealkylation sites (N-methyl/N-ethyl adjacent to an activating group) is 1. The van der Waals surface area contributed by atoms with Gasteiger partial charge in [-0.3, -0.25) is 9.59 Å². The Morgan fingerprint density at radius 1 is 0.968 bits per heavy atom. The van der Waals surface area contributed by atoms with E-state index in [1.165, 1.54) is 24.1 Å². The summed E-state index contributed by atoms with van der Waals surface area (Å²) in [5.74, 6) is -0.818. The topological polar surface area (TPSA) is 58.6 Å². The minimum atomic E-state index is -0.449. The number of carbonyl (C=O) groups excluding carboxylic acids is 2. The van der Waals surface area contributed by atoms with Gasteiger partial charge in [-0.1, -0.05) is 53.5 Å². The van der Waals surface area contributed by atoms with Crippen LogP contribution in [0.15, 0.2) is 66.7 Å². The van der Waals surface area contributed by atoms with E-state index in [2.05, 4.69) is 5.32 Å². The molecule has 0 bridgehead atoms. The lowest BCUT2D eigenvalue weighted by molar-refractivity contribution is -0.116. The first-order valence-corrected chi connectivity index (χ1v) is 10.1. The van der Waals surface area contributed by atoms with Crippen molar-refractivity contribution in [2.24, 2.45) is 0 Å². The Balaban J connectivity index is 1.66. The fraction of sp³-hybridized carbons (Fsp3) is 0.130. The fourth-order valence-electron chi connectivity index (χ4n) is 2.80. The second kappa shape index (κ2) is 10.3. The summed E-state index contributed by atoms with van der Waals surface area (Å²) in [6.45, 7) is -0.0491. The summed E-state index contributed by atoms with van der Waals surface area (Å²) in [6.07, 6.45) is 0. The van der Waals surface area contributed by atoms with Gasteiger partial charge in [0, 0.05) is 7.05 Å². The molecule has 0 spiro atoms. The number of nitrogens with one attached hydrogen (secondary N) is 1. The molecule has 0 fully saturated rings. The Morgan fingerprint density at radius 3 is 2.29 bits per heavy atom. The number of rotatable bonds is 7. The van der Waals surface area contributed by atoms with Crippen LogP contribution in [0.3, 0.4) is 0 Å². The predicted molar refractivity (Wildman–Crippen MR) is 119 cm³/mol. The number of hydrogen-bond acceptors (Lipinski definition) is 3. The van der Waals surface area contributed by atoms with Gasteiger partial charge >= 0.3 is 0 Å². The quantitative estimate of drug-likeness (QED) is 0.511. The molecule has 5 nitrogen and oxygen atoms in total. The van der Waals surface area contributed by atoms with Gasteiger partial charge in [0.05, 0.1) is 27.8 Å². The monoisotopic (exact) mass is 460 g/mol. The predicted octanol–water partition coefficient (Wildman–Crippen LogP) is 5.42. The van der Waals surface area contributed by atoms with Crippen LogP contribution >= 0.6 is 23.2 Å². The van der Waals surface area contributed by atoms with Crippen LogP contribution in [0.5, 0.6) is 5.75 Å². The fourth-order valence-corrected chi connectivity index (χ4v) is 3.29. The van der Waals surface area contributed by atoms with Crippen molar-refractivity contribution in [1.29, 1.82) is 0 Å².